The zero-order valence-electron chi connectivity index (χ0n) is 10.9. The Morgan fingerprint density at radius 2 is 2.18 bits per heavy atom. The fourth-order valence-electron chi connectivity index (χ4n) is 2.08. The number of nitrogens with one attached hydrogen (secondary N) is 1. The minimum atomic E-state index is -0.146. The molecule has 0 spiro atoms. The van der Waals surface area contributed by atoms with Crippen molar-refractivity contribution in [3.63, 3.8) is 0 Å². The van der Waals surface area contributed by atoms with E-state index in [9.17, 15) is 4.79 Å². The molecule has 1 rings (SSSR count). The molecule has 17 heavy (non-hydrogen) atoms. The minimum absolute atomic E-state index is 0.00282. The van der Waals surface area contributed by atoms with Gasteiger partial charge in [0.25, 0.3) is 0 Å². The van der Waals surface area contributed by atoms with E-state index in [4.69, 9.17) is 9.84 Å². The lowest BCUT2D eigenvalue weighted by Gasteiger charge is -2.40. The first-order chi connectivity index (χ1) is 8.17. The summed E-state index contributed by atoms with van der Waals surface area (Å²) in [6.45, 7) is 3.64. The molecule has 1 aliphatic rings. The molecule has 0 bridgehead atoms. The van der Waals surface area contributed by atoms with E-state index in [0.29, 0.717) is 19.6 Å². The van der Waals surface area contributed by atoms with Crippen molar-refractivity contribution in [2.24, 2.45) is 0 Å². The Kier molecular flexibility index (Phi) is 5.71. The third-order valence-electron chi connectivity index (χ3n) is 3.41. The normalized spacial score (nSPS) is 17.4. The number of urea groups is 1. The topological polar surface area (TPSA) is 61.8 Å². The Hall–Kier alpha value is -0.810. The standard InChI is InChI=1S/C12H24N2O3/c1-3-7-14(8-9-15)11(16)13-10-12(17-2)5-4-6-12/h15H,3-10H2,1-2H3,(H,13,16). The van der Waals surface area contributed by atoms with Crippen molar-refractivity contribution in [2.45, 2.75) is 38.2 Å². The number of amides is 2. The van der Waals surface area contributed by atoms with Gasteiger partial charge in [-0.3, -0.25) is 0 Å². The fraction of sp³-hybridized carbons (Fsp3) is 0.917. The van der Waals surface area contributed by atoms with Crippen molar-refractivity contribution in [3.8, 4) is 0 Å². The van der Waals surface area contributed by atoms with Crippen molar-refractivity contribution in [3.05, 3.63) is 0 Å². The number of nitrogens with zero attached hydrogens (tertiary/aromatic N) is 1. The van der Waals surface area contributed by atoms with E-state index in [2.05, 4.69) is 5.32 Å². The summed E-state index contributed by atoms with van der Waals surface area (Å²) >= 11 is 0. The van der Waals surface area contributed by atoms with Crippen LogP contribution in [0.3, 0.4) is 0 Å². The van der Waals surface area contributed by atoms with Gasteiger partial charge in [0.1, 0.15) is 0 Å². The second-order valence-electron chi connectivity index (χ2n) is 4.61. The number of aliphatic hydroxyl groups excluding tert-OH is 1. The zero-order valence-corrected chi connectivity index (χ0v) is 10.9. The summed E-state index contributed by atoms with van der Waals surface area (Å²) in [5.41, 5.74) is -0.146. The van der Waals surface area contributed by atoms with E-state index < -0.39 is 0 Å². The molecule has 0 unspecified atom stereocenters. The van der Waals surface area contributed by atoms with E-state index >= 15 is 0 Å². The molecule has 0 heterocycles. The number of methoxy groups -OCH3 is 1. The van der Waals surface area contributed by atoms with Gasteiger partial charge in [-0.05, 0) is 25.7 Å². The molecule has 0 saturated heterocycles. The first kappa shape index (κ1) is 14.3. The number of rotatable bonds is 7. The van der Waals surface area contributed by atoms with Crippen LogP contribution in [0.1, 0.15) is 32.6 Å². The van der Waals surface area contributed by atoms with Crippen LogP contribution in [0.25, 0.3) is 0 Å². The van der Waals surface area contributed by atoms with Crippen LogP contribution < -0.4 is 5.32 Å². The Balaban J connectivity index is 2.35. The molecule has 5 heteroatoms. The molecule has 0 aromatic rings. The van der Waals surface area contributed by atoms with Crippen LogP contribution in [0.2, 0.25) is 0 Å². The van der Waals surface area contributed by atoms with Crippen LogP contribution in [0.4, 0.5) is 4.79 Å². The van der Waals surface area contributed by atoms with Gasteiger partial charge in [-0.25, -0.2) is 4.79 Å². The first-order valence-electron chi connectivity index (χ1n) is 6.36. The van der Waals surface area contributed by atoms with Gasteiger partial charge in [0, 0.05) is 26.7 Å². The van der Waals surface area contributed by atoms with E-state index in [1.165, 1.54) is 6.42 Å². The van der Waals surface area contributed by atoms with E-state index in [-0.39, 0.29) is 18.2 Å². The van der Waals surface area contributed by atoms with Crippen LogP contribution in [-0.4, -0.2) is 55.0 Å². The third-order valence-corrected chi connectivity index (χ3v) is 3.41. The average Bonchev–Trinajstić information content (AvgIpc) is 2.27. The molecule has 2 amide bonds. The molecule has 0 radical (unpaired) electrons. The molecule has 1 aliphatic carbocycles. The van der Waals surface area contributed by atoms with Crippen molar-refractivity contribution in [2.75, 3.05) is 33.4 Å². The summed E-state index contributed by atoms with van der Waals surface area (Å²) < 4.78 is 5.44. The average molecular weight is 244 g/mol. The molecule has 1 fully saturated rings. The highest BCUT2D eigenvalue weighted by atomic mass is 16.5. The van der Waals surface area contributed by atoms with Gasteiger partial charge >= 0.3 is 6.03 Å². The van der Waals surface area contributed by atoms with Crippen LogP contribution in [-0.2, 0) is 4.74 Å². The van der Waals surface area contributed by atoms with Crippen molar-refractivity contribution in [1.29, 1.82) is 0 Å². The lowest BCUT2D eigenvalue weighted by Crippen LogP contribution is -2.52. The first-order valence-corrected chi connectivity index (χ1v) is 6.36. The zero-order chi connectivity index (χ0) is 12.7. The Bertz CT molecular complexity index is 230. The predicted molar refractivity (Wildman–Crippen MR) is 65.9 cm³/mol. The third kappa shape index (κ3) is 3.85. The molecule has 0 atom stereocenters. The molecule has 1 saturated carbocycles. The minimum Gasteiger partial charge on any atom is -0.395 e. The second kappa shape index (κ2) is 6.81. The summed E-state index contributed by atoms with van der Waals surface area (Å²) in [6, 6.07) is -0.107. The van der Waals surface area contributed by atoms with Gasteiger partial charge < -0.3 is 20.1 Å². The lowest BCUT2D eigenvalue weighted by atomic mass is 9.80. The number of hydrogen-bond acceptors (Lipinski definition) is 3. The highest BCUT2D eigenvalue weighted by Crippen LogP contribution is 2.34. The summed E-state index contributed by atoms with van der Waals surface area (Å²) in [6.07, 6.45) is 4.08. The Labute approximate surface area is 103 Å². The lowest BCUT2D eigenvalue weighted by molar-refractivity contribution is -0.0679. The van der Waals surface area contributed by atoms with E-state index in [1.807, 2.05) is 6.92 Å². The maximum absolute atomic E-state index is 11.9. The fourth-order valence-corrected chi connectivity index (χ4v) is 2.08. The number of aliphatic hydroxyl groups is 1. The highest BCUT2D eigenvalue weighted by molar-refractivity contribution is 5.74. The Morgan fingerprint density at radius 1 is 1.47 bits per heavy atom. The number of carbonyl (C=O) groups is 1. The van der Waals surface area contributed by atoms with Gasteiger partial charge in [-0.15, -0.1) is 0 Å². The van der Waals surface area contributed by atoms with Crippen LogP contribution in [0.5, 0.6) is 0 Å². The number of hydrogen-bond donors (Lipinski definition) is 2. The van der Waals surface area contributed by atoms with Gasteiger partial charge in [0.15, 0.2) is 0 Å². The SMILES string of the molecule is CCCN(CCO)C(=O)NCC1(OC)CCC1. The summed E-state index contributed by atoms with van der Waals surface area (Å²) in [7, 11) is 1.70. The van der Waals surface area contributed by atoms with Gasteiger partial charge in [-0.2, -0.15) is 0 Å². The molecular formula is C12H24N2O3. The van der Waals surface area contributed by atoms with Gasteiger partial charge in [-0.1, -0.05) is 6.92 Å². The molecule has 0 aromatic carbocycles. The molecule has 0 aliphatic heterocycles. The number of carbonyl (C=O) groups excluding carboxylic acids is 1. The molecule has 0 aromatic heterocycles. The van der Waals surface area contributed by atoms with E-state index in [1.54, 1.807) is 12.0 Å². The van der Waals surface area contributed by atoms with Gasteiger partial charge in [0.2, 0.25) is 0 Å². The summed E-state index contributed by atoms with van der Waals surface area (Å²) in [4.78, 5) is 13.5. The summed E-state index contributed by atoms with van der Waals surface area (Å²) in [5.74, 6) is 0. The monoisotopic (exact) mass is 244 g/mol. The predicted octanol–water partition coefficient (Wildman–Crippen LogP) is 0.969. The smallest absolute Gasteiger partial charge is 0.317 e. The Morgan fingerprint density at radius 3 is 2.59 bits per heavy atom. The van der Waals surface area contributed by atoms with Gasteiger partial charge in [0.05, 0.1) is 12.2 Å². The van der Waals surface area contributed by atoms with Crippen LogP contribution in [0, 0.1) is 0 Å². The molecular weight excluding hydrogens is 220 g/mol. The molecule has 2 N–H and O–H groups in total. The molecule has 100 valence electrons. The molecule has 5 nitrogen and oxygen atoms in total. The van der Waals surface area contributed by atoms with Crippen LogP contribution >= 0.6 is 0 Å². The maximum Gasteiger partial charge on any atom is 0.317 e. The summed E-state index contributed by atoms with van der Waals surface area (Å²) in [5, 5.41) is 11.8. The maximum atomic E-state index is 11.9. The van der Waals surface area contributed by atoms with Crippen LogP contribution in [0.15, 0.2) is 0 Å². The number of ether oxygens (including phenoxy) is 1. The second-order valence-corrected chi connectivity index (χ2v) is 4.61. The quantitative estimate of drug-likeness (QED) is 0.701. The van der Waals surface area contributed by atoms with Crippen molar-refractivity contribution >= 4 is 6.03 Å². The highest BCUT2D eigenvalue weighted by Gasteiger charge is 2.37. The van der Waals surface area contributed by atoms with Crippen molar-refractivity contribution in [1.82, 2.24) is 10.2 Å². The van der Waals surface area contributed by atoms with E-state index in [0.717, 1.165) is 19.3 Å². The largest absolute Gasteiger partial charge is 0.395 e. The van der Waals surface area contributed by atoms with Crippen molar-refractivity contribution < 1.29 is 14.6 Å².